The van der Waals surface area contributed by atoms with Gasteiger partial charge in [0.15, 0.2) is 0 Å². The summed E-state index contributed by atoms with van der Waals surface area (Å²) in [6, 6.07) is 5.33. The minimum Gasteiger partial charge on any atom is -0.481 e. The Morgan fingerprint density at radius 3 is 2.96 bits per heavy atom. The number of aromatic nitrogens is 2. The van der Waals surface area contributed by atoms with Crippen molar-refractivity contribution in [3.05, 3.63) is 28.7 Å². The molecular weight excluding hydrogens is 338 g/mol. The fourth-order valence-electron chi connectivity index (χ4n) is 2.12. The van der Waals surface area contributed by atoms with Gasteiger partial charge in [0.2, 0.25) is 0 Å². The molecule has 23 heavy (non-hydrogen) atoms. The molecule has 1 amide bonds. The Kier molecular flexibility index (Phi) is 4.39. The van der Waals surface area contributed by atoms with Crippen molar-refractivity contribution in [2.45, 2.75) is 12.8 Å². The number of carbonyl (C=O) groups excluding carboxylic acids is 1. The van der Waals surface area contributed by atoms with Gasteiger partial charge in [0.1, 0.15) is 15.4 Å². The van der Waals surface area contributed by atoms with E-state index in [2.05, 4.69) is 14.9 Å². The number of thioether (sulfide) groups is 1. The molecule has 0 aliphatic carbocycles. The van der Waals surface area contributed by atoms with E-state index in [0.29, 0.717) is 33.2 Å². The fraction of sp³-hybridized carbons (Fsp3) is 0.214. The Bertz CT molecular complexity index is 830. The van der Waals surface area contributed by atoms with Gasteiger partial charge in [-0.05, 0) is 40.5 Å². The molecule has 118 valence electrons. The van der Waals surface area contributed by atoms with Crippen LogP contribution in [0.5, 0.6) is 0 Å². The van der Waals surface area contributed by atoms with Crippen molar-refractivity contribution in [1.82, 2.24) is 15.2 Å². The summed E-state index contributed by atoms with van der Waals surface area (Å²) in [4.78, 5) is 24.9. The Labute approximate surface area is 140 Å². The molecule has 0 spiro atoms. The minimum absolute atomic E-state index is 0.00589. The lowest BCUT2D eigenvalue weighted by molar-refractivity contribution is -0.137. The first-order chi connectivity index (χ1) is 11.0. The van der Waals surface area contributed by atoms with Gasteiger partial charge < -0.3 is 5.11 Å². The summed E-state index contributed by atoms with van der Waals surface area (Å²) < 4.78 is 5.08. The van der Waals surface area contributed by atoms with Crippen LogP contribution in [-0.2, 0) is 9.59 Å². The molecule has 1 saturated heterocycles. The van der Waals surface area contributed by atoms with Crippen LogP contribution < -0.4 is 0 Å². The highest BCUT2D eigenvalue weighted by atomic mass is 32.2. The molecular formula is C14H11N3O4S2. The van der Waals surface area contributed by atoms with Gasteiger partial charge in [-0.1, -0.05) is 30.0 Å². The molecule has 0 atom stereocenters. The molecule has 2 aromatic rings. The highest BCUT2D eigenvalue weighted by Crippen LogP contribution is 2.33. The van der Waals surface area contributed by atoms with Gasteiger partial charge in [0, 0.05) is 13.0 Å². The lowest BCUT2D eigenvalue weighted by Crippen LogP contribution is -2.29. The van der Waals surface area contributed by atoms with Gasteiger partial charge in [-0.25, -0.2) is 4.63 Å². The normalized spacial score (nSPS) is 16.7. The van der Waals surface area contributed by atoms with E-state index in [0.717, 1.165) is 5.56 Å². The van der Waals surface area contributed by atoms with Crippen LogP contribution in [0.1, 0.15) is 18.4 Å². The molecule has 2 heterocycles. The highest BCUT2D eigenvalue weighted by molar-refractivity contribution is 8.26. The predicted octanol–water partition coefficient (Wildman–Crippen LogP) is 2.29. The molecule has 0 saturated carbocycles. The first kappa shape index (κ1) is 15.6. The second-order valence-electron chi connectivity index (χ2n) is 4.84. The molecule has 1 aromatic heterocycles. The number of carboxylic acid groups (broad SMARTS) is 1. The number of amides is 1. The van der Waals surface area contributed by atoms with E-state index in [-0.39, 0.29) is 12.3 Å². The number of hydrogen-bond acceptors (Lipinski definition) is 7. The van der Waals surface area contributed by atoms with Crippen molar-refractivity contribution in [3.8, 4) is 0 Å². The summed E-state index contributed by atoms with van der Waals surface area (Å²) >= 11 is 6.40. The Balaban J connectivity index is 1.76. The molecule has 1 aliphatic rings. The number of fused-ring (bicyclic) bond motifs is 1. The van der Waals surface area contributed by atoms with Crippen molar-refractivity contribution >= 4 is 57.3 Å². The smallest absolute Gasteiger partial charge is 0.303 e. The highest BCUT2D eigenvalue weighted by Gasteiger charge is 2.31. The van der Waals surface area contributed by atoms with Crippen LogP contribution in [0.2, 0.25) is 0 Å². The molecule has 1 aromatic carbocycles. The monoisotopic (exact) mass is 349 g/mol. The Morgan fingerprint density at radius 1 is 1.39 bits per heavy atom. The average Bonchev–Trinajstić information content (AvgIpc) is 3.06. The van der Waals surface area contributed by atoms with Crippen LogP contribution in [0.25, 0.3) is 17.1 Å². The molecule has 3 rings (SSSR count). The maximum atomic E-state index is 12.4. The molecule has 0 radical (unpaired) electrons. The number of carboxylic acids is 1. The van der Waals surface area contributed by atoms with Gasteiger partial charge in [-0.15, -0.1) is 0 Å². The zero-order valence-electron chi connectivity index (χ0n) is 11.8. The summed E-state index contributed by atoms with van der Waals surface area (Å²) in [6.07, 6.45) is 2.10. The van der Waals surface area contributed by atoms with Crippen molar-refractivity contribution in [2.75, 3.05) is 6.54 Å². The molecule has 0 bridgehead atoms. The SMILES string of the molecule is O=C(O)CCCN1C(=O)/C(=C/c2ccc3nonc3c2)SC1=S. The van der Waals surface area contributed by atoms with Gasteiger partial charge in [0.25, 0.3) is 5.91 Å². The van der Waals surface area contributed by atoms with Crippen LogP contribution in [0.15, 0.2) is 27.7 Å². The van der Waals surface area contributed by atoms with Crippen molar-refractivity contribution < 1.29 is 19.3 Å². The van der Waals surface area contributed by atoms with Crippen molar-refractivity contribution in [1.29, 1.82) is 0 Å². The second-order valence-corrected chi connectivity index (χ2v) is 6.52. The maximum absolute atomic E-state index is 12.4. The first-order valence-electron chi connectivity index (χ1n) is 6.74. The molecule has 9 heteroatoms. The third-order valence-electron chi connectivity index (χ3n) is 3.22. The second kappa shape index (κ2) is 6.47. The molecule has 1 N–H and O–H groups in total. The fourth-order valence-corrected chi connectivity index (χ4v) is 3.43. The van der Waals surface area contributed by atoms with Crippen molar-refractivity contribution in [2.24, 2.45) is 0 Å². The number of thiocarbonyl (C=S) groups is 1. The lowest BCUT2D eigenvalue weighted by atomic mass is 10.2. The standard InChI is InChI=1S/C14H11N3O4S2/c18-12(19)2-1-5-17-13(20)11(23-14(17)22)7-8-3-4-9-10(6-8)16-21-15-9/h3-4,6-7H,1-2,5H2,(H,18,19)/b11-7-. The Hall–Kier alpha value is -2.26. The largest absolute Gasteiger partial charge is 0.481 e. The first-order valence-corrected chi connectivity index (χ1v) is 7.96. The summed E-state index contributed by atoms with van der Waals surface area (Å²) in [5.74, 6) is -1.09. The van der Waals surface area contributed by atoms with Crippen LogP contribution in [0.3, 0.4) is 0 Å². The van der Waals surface area contributed by atoms with Gasteiger partial charge in [-0.2, -0.15) is 0 Å². The van der Waals surface area contributed by atoms with Crippen molar-refractivity contribution in [3.63, 3.8) is 0 Å². The summed E-state index contributed by atoms with van der Waals surface area (Å²) in [5, 5.41) is 16.1. The number of rotatable bonds is 5. The minimum atomic E-state index is -0.888. The number of nitrogens with zero attached hydrogens (tertiary/aromatic N) is 3. The predicted molar refractivity (Wildman–Crippen MR) is 88.6 cm³/mol. The van der Waals surface area contributed by atoms with Gasteiger partial charge in [-0.3, -0.25) is 14.5 Å². The Morgan fingerprint density at radius 2 is 2.17 bits per heavy atom. The number of benzene rings is 1. The molecule has 1 fully saturated rings. The third-order valence-corrected chi connectivity index (χ3v) is 4.60. The van der Waals surface area contributed by atoms with Gasteiger partial charge in [0.05, 0.1) is 4.91 Å². The number of aliphatic carboxylic acids is 1. The van der Waals surface area contributed by atoms with E-state index in [9.17, 15) is 9.59 Å². The third kappa shape index (κ3) is 3.40. The summed E-state index contributed by atoms with van der Waals surface area (Å²) in [7, 11) is 0. The molecule has 1 aliphatic heterocycles. The maximum Gasteiger partial charge on any atom is 0.303 e. The molecule has 7 nitrogen and oxygen atoms in total. The van der Waals surface area contributed by atoms with E-state index >= 15 is 0 Å². The van der Waals surface area contributed by atoms with Crippen LogP contribution in [0, 0.1) is 0 Å². The van der Waals surface area contributed by atoms with Crippen LogP contribution >= 0.6 is 24.0 Å². The zero-order valence-corrected chi connectivity index (χ0v) is 13.4. The van der Waals surface area contributed by atoms with E-state index in [1.165, 1.54) is 16.7 Å². The lowest BCUT2D eigenvalue weighted by Gasteiger charge is -2.13. The van der Waals surface area contributed by atoms with E-state index < -0.39 is 5.97 Å². The topological polar surface area (TPSA) is 96.5 Å². The summed E-state index contributed by atoms with van der Waals surface area (Å²) in [5.41, 5.74) is 2.04. The average molecular weight is 349 g/mol. The van der Waals surface area contributed by atoms with Crippen LogP contribution in [0.4, 0.5) is 0 Å². The quantitative estimate of drug-likeness (QED) is 0.649. The number of hydrogen-bond donors (Lipinski definition) is 1. The number of carbonyl (C=O) groups is 2. The molecule has 0 unspecified atom stereocenters. The zero-order chi connectivity index (χ0) is 16.4. The summed E-state index contributed by atoms with van der Waals surface area (Å²) in [6.45, 7) is 0.306. The van der Waals surface area contributed by atoms with E-state index in [4.69, 9.17) is 17.3 Å². The van der Waals surface area contributed by atoms with Crippen LogP contribution in [-0.4, -0.2) is 43.1 Å². The van der Waals surface area contributed by atoms with E-state index in [1.54, 1.807) is 18.2 Å². The van der Waals surface area contributed by atoms with E-state index in [1.807, 2.05) is 6.07 Å². The van der Waals surface area contributed by atoms with Gasteiger partial charge >= 0.3 is 5.97 Å².